The maximum Gasteiger partial charge on any atom is 0.328 e. The largest absolute Gasteiger partial charge is 0.497 e. The van der Waals surface area contributed by atoms with E-state index in [2.05, 4.69) is 4.98 Å². The van der Waals surface area contributed by atoms with Crippen LogP contribution in [0.2, 0.25) is 0 Å². The molecule has 0 aliphatic heterocycles. The third-order valence-corrected chi connectivity index (χ3v) is 3.90. The standard InChI is InChI=1S/C15H12N2O3S/c1-20-12-5-2-10(3-6-12)13-9-21-15-16-8-11(17(13)15)4-7-14(18)19/h2-9H,1H3,(H,18,19)/b7-4+. The zero-order valence-corrected chi connectivity index (χ0v) is 12.0. The van der Waals surface area contributed by atoms with E-state index in [1.54, 1.807) is 19.4 Å². The van der Waals surface area contributed by atoms with Gasteiger partial charge in [-0.05, 0) is 35.9 Å². The van der Waals surface area contributed by atoms with Gasteiger partial charge in [0.1, 0.15) is 5.75 Å². The third-order valence-electron chi connectivity index (χ3n) is 3.06. The lowest BCUT2D eigenvalue weighted by atomic mass is 10.1. The van der Waals surface area contributed by atoms with Crippen LogP contribution in [0.25, 0.3) is 22.3 Å². The highest BCUT2D eigenvalue weighted by Crippen LogP contribution is 2.29. The van der Waals surface area contributed by atoms with Crippen LogP contribution >= 0.6 is 11.3 Å². The molecule has 0 saturated carbocycles. The Balaban J connectivity index is 2.09. The highest BCUT2D eigenvalue weighted by Gasteiger charge is 2.10. The number of ether oxygens (including phenoxy) is 1. The molecule has 2 heterocycles. The minimum atomic E-state index is -0.980. The third kappa shape index (κ3) is 2.53. The summed E-state index contributed by atoms with van der Waals surface area (Å²) in [5.74, 6) is -0.187. The Bertz CT molecular complexity index is 815. The number of nitrogens with zero attached hydrogens (tertiary/aromatic N) is 2. The molecule has 0 atom stereocenters. The molecule has 0 saturated heterocycles. The molecular weight excluding hydrogens is 288 g/mol. The van der Waals surface area contributed by atoms with E-state index in [0.717, 1.165) is 33.7 Å². The molecule has 0 fully saturated rings. The predicted molar refractivity (Wildman–Crippen MR) is 81.7 cm³/mol. The van der Waals surface area contributed by atoms with Crippen LogP contribution in [0.15, 0.2) is 41.9 Å². The summed E-state index contributed by atoms with van der Waals surface area (Å²) in [7, 11) is 1.63. The molecule has 0 aliphatic carbocycles. The molecule has 21 heavy (non-hydrogen) atoms. The van der Waals surface area contributed by atoms with Crippen molar-refractivity contribution in [3.63, 3.8) is 0 Å². The Morgan fingerprint density at radius 3 is 2.81 bits per heavy atom. The Hall–Kier alpha value is -2.60. The summed E-state index contributed by atoms with van der Waals surface area (Å²) in [6, 6.07) is 7.71. The van der Waals surface area contributed by atoms with Gasteiger partial charge in [-0.25, -0.2) is 9.78 Å². The van der Waals surface area contributed by atoms with Gasteiger partial charge in [-0.15, -0.1) is 11.3 Å². The summed E-state index contributed by atoms with van der Waals surface area (Å²) in [5.41, 5.74) is 2.73. The highest BCUT2D eigenvalue weighted by molar-refractivity contribution is 7.15. The van der Waals surface area contributed by atoms with Gasteiger partial charge in [0.25, 0.3) is 0 Å². The van der Waals surface area contributed by atoms with Crippen molar-refractivity contribution in [2.24, 2.45) is 0 Å². The summed E-state index contributed by atoms with van der Waals surface area (Å²) >= 11 is 1.51. The number of thiazole rings is 1. The van der Waals surface area contributed by atoms with Crippen LogP contribution in [0, 0.1) is 0 Å². The maximum atomic E-state index is 10.7. The summed E-state index contributed by atoms with van der Waals surface area (Å²) in [6.07, 6.45) is 4.32. The second kappa shape index (κ2) is 5.41. The van der Waals surface area contributed by atoms with Crippen LogP contribution in [-0.4, -0.2) is 27.6 Å². The Morgan fingerprint density at radius 1 is 1.38 bits per heavy atom. The normalized spacial score (nSPS) is 11.3. The molecule has 0 unspecified atom stereocenters. The minimum absolute atomic E-state index is 0.736. The number of hydrogen-bond acceptors (Lipinski definition) is 4. The van der Waals surface area contributed by atoms with Gasteiger partial charge in [0.15, 0.2) is 4.96 Å². The van der Waals surface area contributed by atoms with E-state index in [4.69, 9.17) is 9.84 Å². The Kier molecular flexibility index (Phi) is 3.45. The van der Waals surface area contributed by atoms with E-state index in [-0.39, 0.29) is 0 Å². The molecule has 2 aromatic heterocycles. The van der Waals surface area contributed by atoms with Crippen LogP contribution in [0.1, 0.15) is 5.69 Å². The van der Waals surface area contributed by atoms with Crippen LogP contribution in [0.5, 0.6) is 5.75 Å². The van der Waals surface area contributed by atoms with Gasteiger partial charge in [-0.1, -0.05) is 0 Å². The van der Waals surface area contributed by atoms with Gasteiger partial charge in [0.05, 0.1) is 24.7 Å². The van der Waals surface area contributed by atoms with Crippen LogP contribution in [0.4, 0.5) is 0 Å². The SMILES string of the molecule is COc1ccc(-c2csc3ncc(/C=C/C(=O)O)n23)cc1. The molecule has 0 spiro atoms. The number of carboxylic acid groups (broad SMARTS) is 1. The van der Waals surface area contributed by atoms with E-state index in [1.807, 2.05) is 34.0 Å². The first-order chi connectivity index (χ1) is 10.2. The van der Waals surface area contributed by atoms with E-state index in [1.165, 1.54) is 11.3 Å². The number of carbonyl (C=O) groups is 1. The molecule has 3 aromatic rings. The van der Waals surface area contributed by atoms with Crippen molar-refractivity contribution in [2.45, 2.75) is 0 Å². The first kappa shape index (κ1) is 13.4. The fraction of sp³-hybridized carbons (Fsp3) is 0.0667. The number of hydrogen-bond donors (Lipinski definition) is 1. The molecule has 1 aromatic carbocycles. The zero-order chi connectivity index (χ0) is 14.8. The van der Waals surface area contributed by atoms with Crippen molar-refractivity contribution in [3.05, 3.63) is 47.6 Å². The maximum absolute atomic E-state index is 10.7. The second-order valence-corrected chi connectivity index (χ2v) is 5.16. The second-order valence-electron chi connectivity index (χ2n) is 4.32. The lowest BCUT2D eigenvalue weighted by Gasteiger charge is -2.03. The average molecular weight is 300 g/mol. The fourth-order valence-electron chi connectivity index (χ4n) is 2.07. The van der Waals surface area contributed by atoms with Gasteiger partial charge in [-0.2, -0.15) is 0 Å². The molecule has 0 aliphatic rings. The molecule has 0 amide bonds. The molecule has 1 N–H and O–H groups in total. The first-order valence-electron chi connectivity index (χ1n) is 6.19. The smallest absolute Gasteiger partial charge is 0.328 e. The van der Waals surface area contributed by atoms with Gasteiger partial charge < -0.3 is 9.84 Å². The van der Waals surface area contributed by atoms with E-state index >= 15 is 0 Å². The van der Waals surface area contributed by atoms with Crippen molar-refractivity contribution in [1.82, 2.24) is 9.38 Å². The van der Waals surface area contributed by atoms with Crippen molar-refractivity contribution < 1.29 is 14.6 Å². The number of fused-ring (bicyclic) bond motifs is 1. The van der Waals surface area contributed by atoms with Gasteiger partial charge in [-0.3, -0.25) is 4.40 Å². The summed E-state index contributed by atoms with van der Waals surface area (Å²) < 4.78 is 7.09. The molecule has 5 nitrogen and oxygen atoms in total. The minimum Gasteiger partial charge on any atom is -0.497 e. The van der Waals surface area contributed by atoms with Crippen LogP contribution in [-0.2, 0) is 4.79 Å². The number of aliphatic carboxylic acids is 1. The molecule has 0 radical (unpaired) electrons. The van der Waals surface area contributed by atoms with Gasteiger partial charge in [0, 0.05) is 11.5 Å². The summed E-state index contributed by atoms with van der Waals surface area (Å²) in [4.78, 5) is 15.8. The van der Waals surface area contributed by atoms with Gasteiger partial charge in [0.2, 0.25) is 0 Å². The van der Waals surface area contributed by atoms with E-state index < -0.39 is 5.97 Å². The topological polar surface area (TPSA) is 63.8 Å². The number of methoxy groups -OCH3 is 1. The first-order valence-corrected chi connectivity index (χ1v) is 7.07. The molecule has 106 valence electrons. The van der Waals surface area contributed by atoms with Crippen LogP contribution < -0.4 is 4.74 Å². The fourth-order valence-corrected chi connectivity index (χ4v) is 2.95. The summed E-state index contributed by atoms with van der Waals surface area (Å²) in [6.45, 7) is 0. The predicted octanol–water partition coefficient (Wildman–Crippen LogP) is 3.17. The van der Waals surface area contributed by atoms with Crippen LogP contribution in [0.3, 0.4) is 0 Å². The number of imidazole rings is 1. The number of aromatic nitrogens is 2. The van der Waals surface area contributed by atoms with Gasteiger partial charge >= 0.3 is 5.97 Å². The molecule has 6 heteroatoms. The number of carboxylic acids is 1. The van der Waals surface area contributed by atoms with Crippen molar-refractivity contribution in [3.8, 4) is 17.0 Å². The highest BCUT2D eigenvalue weighted by atomic mass is 32.1. The van der Waals surface area contributed by atoms with Crippen molar-refractivity contribution in [2.75, 3.05) is 7.11 Å². The van der Waals surface area contributed by atoms with E-state index in [0.29, 0.717) is 0 Å². The zero-order valence-electron chi connectivity index (χ0n) is 11.2. The lowest BCUT2D eigenvalue weighted by Crippen LogP contribution is -1.91. The van der Waals surface area contributed by atoms with Crippen molar-refractivity contribution in [1.29, 1.82) is 0 Å². The summed E-state index contributed by atoms with van der Waals surface area (Å²) in [5, 5.41) is 10.8. The molecule has 0 bridgehead atoms. The number of rotatable bonds is 4. The molecule has 3 rings (SSSR count). The quantitative estimate of drug-likeness (QED) is 0.752. The molecular formula is C15H12N2O3S. The monoisotopic (exact) mass is 300 g/mol. The van der Waals surface area contributed by atoms with Crippen molar-refractivity contribution >= 4 is 28.3 Å². The Morgan fingerprint density at radius 2 is 2.14 bits per heavy atom. The van der Waals surface area contributed by atoms with E-state index in [9.17, 15) is 4.79 Å². The Labute approximate surface area is 124 Å². The lowest BCUT2D eigenvalue weighted by molar-refractivity contribution is -0.131. The average Bonchev–Trinajstić information content (AvgIpc) is 3.07. The number of benzene rings is 1.